The molecule has 6 aromatic rings. The summed E-state index contributed by atoms with van der Waals surface area (Å²) < 4.78 is 13.9. The standard InChI is InChI=1S/C32H29FN6/c1-19(15-32(2,3)4)36-23-12-21(16-34-17-23)28-14-26-30(18-35-28)38-39-31(26)29-13-25-24(9-6-10-27(25)37-29)20-7-5-8-22(33)11-20/h5-14,16-18,36-37H,1,15H2,2-4H3,(H,38,39). The third kappa shape index (κ3) is 5.03. The van der Waals surface area contributed by atoms with Gasteiger partial charge in [-0.05, 0) is 59.4 Å². The quantitative estimate of drug-likeness (QED) is 0.208. The fraction of sp³-hybridized carbons (Fsp3) is 0.156. The molecule has 3 N–H and O–H groups in total. The van der Waals surface area contributed by atoms with Crippen LogP contribution >= 0.6 is 0 Å². The number of H-pyrrole nitrogens is 2. The second-order valence-corrected chi connectivity index (χ2v) is 11.1. The third-order valence-corrected chi connectivity index (χ3v) is 6.60. The molecule has 0 spiro atoms. The fourth-order valence-corrected chi connectivity index (χ4v) is 5.01. The van der Waals surface area contributed by atoms with Gasteiger partial charge in [-0.1, -0.05) is 51.6 Å². The maximum absolute atomic E-state index is 13.9. The van der Waals surface area contributed by atoms with E-state index in [0.29, 0.717) is 0 Å². The van der Waals surface area contributed by atoms with Gasteiger partial charge in [-0.2, -0.15) is 5.10 Å². The lowest BCUT2D eigenvalue weighted by Crippen LogP contribution is -2.10. The van der Waals surface area contributed by atoms with Gasteiger partial charge in [0.2, 0.25) is 0 Å². The van der Waals surface area contributed by atoms with E-state index in [1.165, 1.54) is 6.07 Å². The molecule has 6 nitrogen and oxygen atoms in total. The second kappa shape index (κ2) is 9.51. The maximum atomic E-state index is 13.9. The molecule has 4 heterocycles. The third-order valence-electron chi connectivity index (χ3n) is 6.60. The summed E-state index contributed by atoms with van der Waals surface area (Å²) in [6, 6.07) is 18.8. The Bertz CT molecular complexity index is 1840. The highest BCUT2D eigenvalue weighted by Crippen LogP contribution is 2.35. The first kappa shape index (κ1) is 24.6. The number of aromatic amines is 2. The van der Waals surface area contributed by atoms with Crippen molar-refractivity contribution >= 4 is 27.5 Å². The van der Waals surface area contributed by atoms with E-state index in [4.69, 9.17) is 0 Å². The molecule has 2 aromatic carbocycles. The van der Waals surface area contributed by atoms with Gasteiger partial charge in [0.15, 0.2) is 0 Å². The van der Waals surface area contributed by atoms with Crippen molar-refractivity contribution in [3.8, 4) is 33.8 Å². The van der Waals surface area contributed by atoms with Crippen molar-refractivity contribution in [3.63, 3.8) is 0 Å². The number of aromatic nitrogens is 5. The molecule has 0 amide bonds. The van der Waals surface area contributed by atoms with E-state index >= 15 is 0 Å². The van der Waals surface area contributed by atoms with Crippen LogP contribution < -0.4 is 5.32 Å². The topological polar surface area (TPSA) is 82.3 Å². The molecule has 0 aliphatic rings. The van der Waals surface area contributed by atoms with Gasteiger partial charge in [-0.15, -0.1) is 0 Å². The van der Waals surface area contributed by atoms with Gasteiger partial charge in [0.25, 0.3) is 0 Å². The number of allylic oxidation sites excluding steroid dienone is 1. The molecule has 4 aromatic heterocycles. The van der Waals surface area contributed by atoms with E-state index in [2.05, 4.69) is 63.9 Å². The minimum Gasteiger partial charge on any atom is -0.358 e. The molecule has 0 unspecified atom stereocenters. The summed E-state index contributed by atoms with van der Waals surface area (Å²) in [6.07, 6.45) is 6.24. The molecule has 0 fully saturated rings. The largest absolute Gasteiger partial charge is 0.358 e. The van der Waals surface area contributed by atoms with Crippen LogP contribution in [-0.2, 0) is 0 Å². The number of nitrogens with zero attached hydrogens (tertiary/aromatic N) is 3. The minimum absolute atomic E-state index is 0.139. The average Bonchev–Trinajstić information content (AvgIpc) is 3.51. The van der Waals surface area contributed by atoms with Crippen LogP contribution in [0.1, 0.15) is 27.2 Å². The number of anilines is 1. The Labute approximate surface area is 226 Å². The van der Waals surface area contributed by atoms with Crippen molar-refractivity contribution in [2.24, 2.45) is 5.41 Å². The van der Waals surface area contributed by atoms with Gasteiger partial charge in [-0.25, -0.2) is 4.39 Å². The summed E-state index contributed by atoms with van der Waals surface area (Å²) in [5, 5.41) is 13.0. The van der Waals surface area contributed by atoms with Crippen LogP contribution in [-0.4, -0.2) is 25.1 Å². The minimum atomic E-state index is -0.258. The molecule has 0 atom stereocenters. The van der Waals surface area contributed by atoms with Crippen LogP contribution in [0.2, 0.25) is 0 Å². The van der Waals surface area contributed by atoms with Crippen molar-refractivity contribution in [1.82, 2.24) is 25.1 Å². The monoisotopic (exact) mass is 516 g/mol. The Morgan fingerprint density at radius 3 is 2.59 bits per heavy atom. The Balaban J connectivity index is 1.37. The van der Waals surface area contributed by atoms with E-state index in [1.807, 2.05) is 36.4 Å². The molecule has 0 aliphatic heterocycles. The van der Waals surface area contributed by atoms with Crippen LogP contribution in [0, 0.1) is 11.2 Å². The molecule has 0 saturated carbocycles. The van der Waals surface area contributed by atoms with Gasteiger partial charge >= 0.3 is 0 Å². The Morgan fingerprint density at radius 1 is 0.923 bits per heavy atom. The SMILES string of the molecule is C=C(CC(C)(C)C)Nc1cncc(-c2cc3c(-c4cc5c(-c6cccc(F)c6)cccc5[nH]4)n[nH]c3cn2)c1. The molecule has 0 bridgehead atoms. The molecule has 194 valence electrons. The molecule has 7 heteroatoms. The summed E-state index contributed by atoms with van der Waals surface area (Å²) in [6.45, 7) is 10.7. The summed E-state index contributed by atoms with van der Waals surface area (Å²) in [4.78, 5) is 12.6. The zero-order chi connectivity index (χ0) is 27.1. The lowest BCUT2D eigenvalue weighted by Gasteiger charge is -2.20. The molecule has 0 aliphatic carbocycles. The van der Waals surface area contributed by atoms with Crippen LogP contribution in [0.3, 0.4) is 0 Å². The summed E-state index contributed by atoms with van der Waals surface area (Å²) in [5.41, 5.74) is 8.86. The first-order valence-corrected chi connectivity index (χ1v) is 12.9. The average molecular weight is 517 g/mol. The van der Waals surface area contributed by atoms with Gasteiger partial charge in [-0.3, -0.25) is 15.1 Å². The van der Waals surface area contributed by atoms with Gasteiger partial charge in [0, 0.05) is 33.7 Å². The van der Waals surface area contributed by atoms with Crippen molar-refractivity contribution in [2.45, 2.75) is 27.2 Å². The van der Waals surface area contributed by atoms with E-state index in [-0.39, 0.29) is 11.2 Å². The van der Waals surface area contributed by atoms with E-state index < -0.39 is 0 Å². The summed E-state index contributed by atoms with van der Waals surface area (Å²) in [5.74, 6) is -0.258. The van der Waals surface area contributed by atoms with E-state index in [9.17, 15) is 4.39 Å². The van der Waals surface area contributed by atoms with Gasteiger partial charge in [0.05, 0.1) is 35.0 Å². The van der Waals surface area contributed by atoms with Crippen molar-refractivity contribution in [2.75, 3.05) is 5.32 Å². The molecule has 39 heavy (non-hydrogen) atoms. The highest BCUT2D eigenvalue weighted by atomic mass is 19.1. The van der Waals surface area contributed by atoms with E-state index in [1.54, 1.807) is 30.7 Å². The van der Waals surface area contributed by atoms with Gasteiger partial charge < -0.3 is 10.3 Å². The number of pyridine rings is 2. The van der Waals surface area contributed by atoms with Crippen molar-refractivity contribution in [1.29, 1.82) is 0 Å². The predicted molar refractivity (Wildman–Crippen MR) is 157 cm³/mol. The van der Waals surface area contributed by atoms with Crippen LogP contribution in [0.15, 0.2) is 91.5 Å². The Hall–Kier alpha value is -4.78. The normalized spacial score (nSPS) is 11.8. The fourth-order valence-electron chi connectivity index (χ4n) is 5.01. The van der Waals surface area contributed by atoms with E-state index in [0.717, 1.165) is 73.4 Å². The molecular weight excluding hydrogens is 487 g/mol. The zero-order valence-corrected chi connectivity index (χ0v) is 22.1. The lowest BCUT2D eigenvalue weighted by molar-refractivity contribution is 0.411. The van der Waals surface area contributed by atoms with Gasteiger partial charge in [0.1, 0.15) is 11.5 Å². The smallest absolute Gasteiger partial charge is 0.123 e. The lowest BCUT2D eigenvalue weighted by atomic mass is 9.91. The molecule has 0 radical (unpaired) electrons. The van der Waals surface area contributed by atoms with Crippen molar-refractivity contribution < 1.29 is 4.39 Å². The summed E-state index contributed by atoms with van der Waals surface area (Å²) in [7, 11) is 0. The van der Waals surface area contributed by atoms with Crippen LogP contribution in [0.25, 0.3) is 55.6 Å². The number of rotatable bonds is 6. The molecule has 6 rings (SSSR count). The first-order valence-electron chi connectivity index (χ1n) is 12.9. The maximum Gasteiger partial charge on any atom is 0.123 e. The number of hydrogen-bond acceptors (Lipinski definition) is 4. The van der Waals surface area contributed by atoms with Crippen molar-refractivity contribution in [3.05, 3.63) is 97.3 Å². The Morgan fingerprint density at radius 2 is 1.77 bits per heavy atom. The highest BCUT2D eigenvalue weighted by Gasteiger charge is 2.16. The van der Waals surface area contributed by atoms with Crippen LogP contribution in [0.4, 0.5) is 10.1 Å². The first-order chi connectivity index (χ1) is 18.7. The van der Waals surface area contributed by atoms with Crippen LogP contribution in [0.5, 0.6) is 0 Å². The zero-order valence-electron chi connectivity index (χ0n) is 22.1. The summed E-state index contributed by atoms with van der Waals surface area (Å²) >= 11 is 0. The Kier molecular flexibility index (Phi) is 5.99. The predicted octanol–water partition coefficient (Wildman–Crippen LogP) is 8.34. The number of hydrogen-bond donors (Lipinski definition) is 3. The highest BCUT2D eigenvalue weighted by molar-refractivity contribution is 6.01. The number of benzene rings is 2. The molecular formula is C32H29FN6. The molecule has 0 saturated heterocycles. The second-order valence-electron chi connectivity index (χ2n) is 11.1. The number of fused-ring (bicyclic) bond motifs is 2. The number of nitrogens with one attached hydrogen (secondary N) is 3. The number of halogens is 1.